The highest BCUT2D eigenvalue weighted by Crippen LogP contribution is 2.44. The van der Waals surface area contributed by atoms with E-state index < -0.39 is 0 Å². The van der Waals surface area contributed by atoms with E-state index in [9.17, 15) is 0 Å². The number of rotatable bonds is 4. The van der Waals surface area contributed by atoms with Crippen LogP contribution in [-0.2, 0) is 0 Å². The molecule has 0 amide bonds. The lowest BCUT2D eigenvalue weighted by atomic mass is 9.86. The number of nitrogens with zero attached hydrogens (tertiary/aromatic N) is 1. The Labute approximate surface area is 146 Å². The van der Waals surface area contributed by atoms with Gasteiger partial charge in [0.1, 0.15) is 0 Å². The minimum absolute atomic E-state index is 0.116. The lowest BCUT2D eigenvalue weighted by Gasteiger charge is -2.37. The molecule has 24 heavy (non-hydrogen) atoms. The maximum Gasteiger partial charge on any atom is 0.0355 e. The van der Waals surface area contributed by atoms with Crippen LogP contribution in [0.4, 0.5) is 0 Å². The second kappa shape index (κ2) is 7.08. The van der Waals surface area contributed by atoms with Crippen molar-refractivity contribution < 1.29 is 0 Å². The van der Waals surface area contributed by atoms with Crippen molar-refractivity contribution in [2.24, 2.45) is 11.1 Å². The first-order valence-electron chi connectivity index (χ1n) is 9.08. The van der Waals surface area contributed by atoms with Crippen molar-refractivity contribution in [2.75, 3.05) is 6.54 Å². The zero-order chi connectivity index (χ0) is 17.2. The van der Waals surface area contributed by atoms with Crippen LogP contribution in [0.3, 0.4) is 0 Å². The smallest absolute Gasteiger partial charge is 0.0355 e. The molecule has 0 aliphatic carbocycles. The molecule has 1 aliphatic rings. The summed E-state index contributed by atoms with van der Waals surface area (Å²) < 4.78 is 0. The van der Waals surface area contributed by atoms with Gasteiger partial charge in [0.15, 0.2) is 0 Å². The van der Waals surface area contributed by atoms with E-state index in [1.165, 1.54) is 24.0 Å². The second-order valence-corrected chi connectivity index (χ2v) is 8.10. The quantitative estimate of drug-likeness (QED) is 0.864. The van der Waals surface area contributed by atoms with Gasteiger partial charge in [-0.2, -0.15) is 0 Å². The first kappa shape index (κ1) is 17.2. The minimum Gasteiger partial charge on any atom is -0.326 e. The van der Waals surface area contributed by atoms with Gasteiger partial charge >= 0.3 is 0 Å². The molecule has 0 unspecified atom stereocenters. The maximum absolute atomic E-state index is 6.57. The van der Waals surface area contributed by atoms with Crippen LogP contribution in [0, 0.1) is 5.41 Å². The third-order valence-corrected chi connectivity index (χ3v) is 5.40. The van der Waals surface area contributed by atoms with E-state index in [0.717, 1.165) is 6.54 Å². The predicted octanol–water partition coefficient (Wildman–Crippen LogP) is 4.94. The molecule has 3 atom stereocenters. The van der Waals surface area contributed by atoms with Crippen molar-refractivity contribution in [2.45, 2.75) is 51.7 Å². The molecule has 2 N–H and O–H groups in total. The zero-order valence-electron chi connectivity index (χ0n) is 15.2. The van der Waals surface area contributed by atoms with Crippen LogP contribution < -0.4 is 5.73 Å². The average Bonchev–Trinajstić information content (AvgIpc) is 2.99. The summed E-state index contributed by atoms with van der Waals surface area (Å²) in [6.07, 6.45) is 2.39. The molecule has 1 fully saturated rings. The van der Waals surface area contributed by atoms with Crippen molar-refractivity contribution in [3.05, 3.63) is 71.8 Å². The first-order chi connectivity index (χ1) is 11.5. The van der Waals surface area contributed by atoms with Crippen LogP contribution in [0.25, 0.3) is 0 Å². The molecule has 0 bridgehead atoms. The summed E-state index contributed by atoms with van der Waals surface area (Å²) in [5.41, 5.74) is 9.51. The van der Waals surface area contributed by atoms with Gasteiger partial charge in [0.2, 0.25) is 0 Å². The molecule has 1 saturated heterocycles. The summed E-state index contributed by atoms with van der Waals surface area (Å²) in [4.78, 5) is 2.64. The normalized spacial score (nSPS) is 23.3. The lowest BCUT2D eigenvalue weighted by Crippen LogP contribution is -2.45. The Morgan fingerprint density at radius 2 is 1.29 bits per heavy atom. The van der Waals surface area contributed by atoms with E-state index >= 15 is 0 Å². The van der Waals surface area contributed by atoms with E-state index in [1.807, 2.05) is 0 Å². The molecular weight excluding hydrogens is 292 g/mol. The molecule has 2 nitrogen and oxygen atoms in total. The van der Waals surface area contributed by atoms with Gasteiger partial charge in [-0.25, -0.2) is 0 Å². The van der Waals surface area contributed by atoms with Gasteiger partial charge < -0.3 is 5.73 Å². The highest BCUT2D eigenvalue weighted by molar-refractivity contribution is 5.25. The monoisotopic (exact) mass is 322 g/mol. The van der Waals surface area contributed by atoms with Crippen molar-refractivity contribution >= 4 is 0 Å². The van der Waals surface area contributed by atoms with Gasteiger partial charge in [0.25, 0.3) is 0 Å². The lowest BCUT2D eigenvalue weighted by molar-refractivity contribution is 0.146. The largest absolute Gasteiger partial charge is 0.326 e. The van der Waals surface area contributed by atoms with Crippen LogP contribution in [-0.4, -0.2) is 17.5 Å². The second-order valence-electron chi connectivity index (χ2n) is 8.10. The number of nitrogens with two attached hydrogens (primary N) is 1. The predicted molar refractivity (Wildman–Crippen MR) is 102 cm³/mol. The summed E-state index contributed by atoms with van der Waals surface area (Å²) in [5, 5.41) is 0. The third kappa shape index (κ3) is 3.71. The number of likely N-dealkylation sites (tertiary alicyclic amines) is 1. The summed E-state index contributed by atoms with van der Waals surface area (Å²) in [6, 6.07) is 22.9. The fraction of sp³-hybridized carbons (Fsp3) is 0.455. The van der Waals surface area contributed by atoms with Crippen molar-refractivity contribution in [1.82, 2.24) is 4.90 Å². The molecule has 0 saturated carbocycles. The molecule has 2 aromatic rings. The minimum atomic E-state index is 0.116. The van der Waals surface area contributed by atoms with Crippen LogP contribution in [0.15, 0.2) is 60.7 Å². The summed E-state index contributed by atoms with van der Waals surface area (Å²) in [6.45, 7) is 7.65. The molecule has 3 rings (SSSR count). The first-order valence-corrected chi connectivity index (χ1v) is 9.08. The molecule has 1 aliphatic heterocycles. The number of hydrogen-bond donors (Lipinski definition) is 1. The van der Waals surface area contributed by atoms with Crippen LogP contribution in [0.1, 0.15) is 56.8 Å². The standard InChI is InChI=1S/C22H30N2/c1-22(2,3)21(23)16-24-19(17-10-6-4-7-11-17)14-15-20(24)18-12-8-5-9-13-18/h4-13,19-21H,14-16,23H2,1-3H3/t19-,20-,21-/m1/s1. The number of hydrogen-bond acceptors (Lipinski definition) is 2. The van der Waals surface area contributed by atoms with Gasteiger partial charge in [0.05, 0.1) is 0 Å². The van der Waals surface area contributed by atoms with Gasteiger partial charge in [-0.3, -0.25) is 4.90 Å². The summed E-state index contributed by atoms with van der Waals surface area (Å²) >= 11 is 0. The van der Waals surface area contributed by atoms with Crippen LogP contribution >= 0.6 is 0 Å². The van der Waals surface area contributed by atoms with Crippen molar-refractivity contribution in [3.8, 4) is 0 Å². The molecule has 2 aromatic carbocycles. The van der Waals surface area contributed by atoms with Crippen molar-refractivity contribution in [1.29, 1.82) is 0 Å². The van der Waals surface area contributed by atoms with E-state index in [-0.39, 0.29) is 11.5 Å². The molecule has 2 heteroatoms. The van der Waals surface area contributed by atoms with Crippen LogP contribution in [0.2, 0.25) is 0 Å². The van der Waals surface area contributed by atoms with E-state index in [2.05, 4.69) is 86.3 Å². The van der Waals surface area contributed by atoms with Gasteiger partial charge in [-0.1, -0.05) is 81.4 Å². The van der Waals surface area contributed by atoms with Gasteiger partial charge in [0, 0.05) is 24.7 Å². The van der Waals surface area contributed by atoms with Crippen LogP contribution in [0.5, 0.6) is 0 Å². The zero-order valence-corrected chi connectivity index (χ0v) is 15.2. The Hall–Kier alpha value is -1.64. The fourth-order valence-electron chi connectivity index (χ4n) is 3.69. The Kier molecular flexibility index (Phi) is 5.07. The molecule has 0 radical (unpaired) electrons. The fourth-order valence-corrected chi connectivity index (χ4v) is 3.69. The summed E-state index contributed by atoms with van der Waals surface area (Å²) in [7, 11) is 0. The Morgan fingerprint density at radius 3 is 1.67 bits per heavy atom. The molecule has 128 valence electrons. The highest BCUT2D eigenvalue weighted by atomic mass is 15.2. The molecule has 0 spiro atoms. The molecular formula is C22H30N2. The topological polar surface area (TPSA) is 29.3 Å². The van der Waals surface area contributed by atoms with E-state index in [4.69, 9.17) is 5.73 Å². The van der Waals surface area contributed by atoms with Gasteiger partial charge in [-0.15, -0.1) is 0 Å². The highest BCUT2D eigenvalue weighted by Gasteiger charge is 2.37. The Morgan fingerprint density at radius 1 is 0.875 bits per heavy atom. The average molecular weight is 322 g/mol. The Balaban J connectivity index is 1.90. The summed E-state index contributed by atoms with van der Waals surface area (Å²) in [5.74, 6) is 0. The molecule has 1 heterocycles. The molecule has 0 aromatic heterocycles. The maximum atomic E-state index is 6.57. The van der Waals surface area contributed by atoms with E-state index in [0.29, 0.717) is 12.1 Å². The van der Waals surface area contributed by atoms with Crippen molar-refractivity contribution in [3.63, 3.8) is 0 Å². The third-order valence-electron chi connectivity index (χ3n) is 5.40. The Bertz CT molecular complexity index is 583. The van der Waals surface area contributed by atoms with Gasteiger partial charge in [-0.05, 0) is 29.4 Å². The van der Waals surface area contributed by atoms with E-state index in [1.54, 1.807) is 0 Å². The SMILES string of the molecule is CC(C)(C)[C@H](N)CN1[C@@H](c2ccccc2)CC[C@@H]1c1ccccc1. The number of benzene rings is 2.